The molecule has 0 bridgehead atoms. The third-order valence-electron chi connectivity index (χ3n) is 5.19. The predicted molar refractivity (Wildman–Crippen MR) is 103 cm³/mol. The van der Waals surface area contributed by atoms with Crippen LogP contribution in [0.25, 0.3) is 11.0 Å². The molecule has 1 aliphatic rings. The number of amides is 2. The Morgan fingerprint density at radius 3 is 2.68 bits per heavy atom. The van der Waals surface area contributed by atoms with Gasteiger partial charge in [0.1, 0.15) is 29.2 Å². The van der Waals surface area contributed by atoms with Crippen LogP contribution in [0.4, 0.5) is 13.2 Å². The third kappa shape index (κ3) is 3.92. The first-order valence-corrected chi connectivity index (χ1v) is 9.40. The van der Waals surface area contributed by atoms with Crippen LogP contribution in [0.15, 0.2) is 40.9 Å². The minimum Gasteiger partial charge on any atom is -0.489 e. The van der Waals surface area contributed by atoms with E-state index < -0.39 is 29.2 Å². The average molecular weight is 433 g/mol. The molecular weight excluding hydrogens is 415 g/mol. The van der Waals surface area contributed by atoms with E-state index >= 15 is 0 Å². The van der Waals surface area contributed by atoms with Crippen LogP contribution in [-0.2, 0) is 17.6 Å². The van der Waals surface area contributed by atoms with Gasteiger partial charge in [-0.3, -0.25) is 14.6 Å². The normalized spacial score (nSPS) is 15.0. The van der Waals surface area contributed by atoms with Crippen LogP contribution in [0.2, 0.25) is 0 Å². The number of nitrogens with one attached hydrogen (secondary N) is 1. The van der Waals surface area contributed by atoms with Crippen molar-refractivity contribution in [2.45, 2.75) is 38.1 Å². The number of ether oxygens (including phenoxy) is 1. The molecule has 0 aliphatic heterocycles. The minimum absolute atomic E-state index is 0.117. The number of halogens is 3. The van der Waals surface area contributed by atoms with Gasteiger partial charge in [-0.15, -0.1) is 0 Å². The molecule has 0 spiro atoms. The Bertz CT molecular complexity index is 1180. The van der Waals surface area contributed by atoms with E-state index in [9.17, 15) is 22.8 Å². The second kappa shape index (κ2) is 7.29. The Labute approximate surface area is 174 Å². The summed E-state index contributed by atoms with van der Waals surface area (Å²) >= 11 is 0. The van der Waals surface area contributed by atoms with Crippen molar-refractivity contribution >= 4 is 22.8 Å². The van der Waals surface area contributed by atoms with Gasteiger partial charge in [-0.25, -0.2) is 0 Å². The number of furan rings is 1. The molecule has 2 amide bonds. The number of aromatic nitrogens is 1. The van der Waals surface area contributed by atoms with E-state index in [4.69, 9.17) is 14.9 Å². The highest BCUT2D eigenvalue weighted by molar-refractivity contribution is 6.09. The minimum atomic E-state index is -4.60. The Kier molecular flexibility index (Phi) is 4.87. The van der Waals surface area contributed by atoms with E-state index in [-0.39, 0.29) is 23.5 Å². The zero-order valence-corrected chi connectivity index (χ0v) is 16.4. The van der Waals surface area contributed by atoms with Gasteiger partial charge in [0, 0.05) is 17.1 Å². The fourth-order valence-electron chi connectivity index (χ4n) is 3.38. The SMILES string of the molecule is Cc1oc2ccc(OCc3cccnc3C(F)(F)F)cc2c1C(=O)NC1(C(N)=O)CC1. The van der Waals surface area contributed by atoms with Crippen molar-refractivity contribution in [2.75, 3.05) is 0 Å². The van der Waals surface area contributed by atoms with E-state index in [1.807, 2.05) is 0 Å². The highest BCUT2D eigenvalue weighted by Gasteiger charge is 2.50. The molecule has 0 unspecified atom stereocenters. The summed E-state index contributed by atoms with van der Waals surface area (Å²) in [5.74, 6) is -0.546. The van der Waals surface area contributed by atoms with E-state index in [2.05, 4.69) is 10.3 Å². The lowest BCUT2D eigenvalue weighted by molar-refractivity contribution is -0.142. The highest BCUT2D eigenvalue weighted by atomic mass is 19.4. The first kappa shape index (κ1) is 20.7. The zero-order valence-electron chi connectivity index (χ0n) is 16.4. The van der Waals surface area contributed by atoms with Crippen molar-refractivity contribution in [3.05, 3.63) is 59.1 Å². The number of aryl methyl sites for hydroxylation is 1. The second-order valence-corrected chi connectivity index (χ2v) is 7.39. The van der Waals surface area contributed by atoms with E-state index in [1.54, 1.807) is 13.0 Å². The number of nitrogens with zero attached hydrogens (tertiary/aromatic N) is 1. The largest absolute Gasteiger partial charge is 0.489 e. The van der Waals surface area contributed by atoms with Gasteiger partial charge in [0.25, 0.3) is 5.91 Å². The molecule has 2 heterocycles. The first-order valence-electron chi connectivity index (χ1n) is 9.40. The summed E-state index contributed by atoms with van der Waals surface area (Å²) in [6.45, 7) is 1.24. The van der Waals surface area contributed by atoms with Gasteiger partial charge in [-0.05, 0) is 44.0 Å². The number of hydrogen-bond donors (Lipinski definition) is 2. The molecule has 0 saturated heterocycles. The van der Waals surface area contributed by atoms with Crippen molar-refractivity contribution in [3.8, 4) is 5.75 Å². The summed E-state index contributed by atoms with van der Waals surface area (Å²) in [6.07, 6.45) is -2.61. The Morgan fingerprint density at radius 2 is 2.03 bits per heavy atom. The standard InChI is InChI=1S/C21H18F3N3O4/c1-11-16(18(28)27-20(6-7-20)19(25)29)14-9-13(4-5-15(14)31-11)30-10-12-3-2-8-26-17(12)21(22,23)24/h2-5,8-9H,6-7,10H2,1H3,(H2,25,29)(H,27,28). The number of primary amides is 1. The van der Waals surface area contributed by atoms with Crippen LogP contribution < -0.4 is 15.8 Å². The number of carbonyl (C=O) groups excluding carboxylic acids is 2. The van der Waals surface area contributed by atoms with Gasteiger partial charge in [-0.1, -0.05) is 6.07 Å². The number of alkyl halides is 3. The van der Waals surface area contributed by atoms with Crippen LogP contribution in [0.5, 0.6) is 5.75 Å². The summed E-state index contributed by atoms with van der Waals surface area (Å²) < 4.78 is 50.5. The summed E-state index contributed by atoms with van der Waals surface area (Å²) in [7, 11) is 0. The van der Waals surface area contributed by atoms with Gasteiger partial charge >= 0.3 is 6.18 Å². The average Bonchev–Trinajstić information content (AvgIpc) is 3.41. The first-order chi connectivity index (χ1) is 14.6. The van der Waals surface area contributed by atoms with Gasteiger partial charge in [0.15, 0.2) is 5.69 Å². The predicted octanol–water partition coefficient (Wildman–Crippen LogP) is 3.48. The molecular formula is C21H18F3N3O4. The van der Waals surface area contributed by atoms with Gasteiger partial charge in [0.2, 0.25) is 5.91 Å². The topological polar surface area (TPSA) is 107 Å². The van der Waals surface area contributed by atoms with Crippen molar-refractivity contribution in [3.63, 3.8) is 0 Å². The number of pyridine rings is 1. The molecule has 1 fully saturated rings. The van der Waals surface area contributed by atoms with Crippen molar-refractivity contribution in [1.82, 2.24) is 10.3 Å². The Hall–Kier alpha value is -3.56. The zero-order chi connectivity index (χ0) is 22.4. The number of nitrogens with two attached hydrogens (primary N) is 1. The molecule has 2 aromatic heterocycles. The smallest absolute Gasteiger partial charge is 0.433 e. The quantitative estimate of drug-likeness (QED) is 0.619. The van der Waals surface area contributed by atoms with E-state index in [0.29, 0.717) is 29.6 Å². The monoisotopic (exact) mass is 433 g/mol. The fourth-order valence-corrected chi connectivity index (χ4v) is 3.38. The fraction of sp³-hybridized carbons (Fsp3) is 0.286. The van der Waals surface area contributed by atoms with Crippen molar-refractivity contribution in [1.29, 1.82) is 0 Å². The molecule has 1 aromatic carbocycles. The Morgan fingerprint density at radius 1 is 1.29 bits per heavy atom. The molecule has 1 saturated carbocycles. The number of rotatable bonds is 6. The number of fused-ring (bicyclic) bond motifs is 1. The van der Waals surface area contributed by atoms with Crippen molar-refractivity contribution in [2.24, 2.45) is 5.73 Å². The lowest BCUT2D eigenvalue weighted by atomic mass is 10.1. The van der Waals surface area contributed by atoms with Crippen LogP contribution >= 0.6 is 0 Å². The lowest BCUT2D eigenvalue weighted by Crippen LogP contribution is -2.46. The highest BCUT2D eigenvalue weighted by Crippen LogP contribution is 2.37. The van der Waals surface area contributed by atoms with Crippen molar-refractivity contribution < 1.29 is 31.9 Å². The molecule has 3 N–H and O–H groups in total. The second-order valence-electron chi connectivity index (χ2n) is 7.39. The molecule has 31 heavy (non-hydrogen) atoms. The van der Waals surface area contributed by atoms with E-state index in [1.165, 1.54) is 24.3 Å². The maximum atomic E-state index is 13.1. The molecule has 0 radical (unpaired) electrons. The molecule has 7 nitrogen and oxygen atoms in total. The maximum absolute atomic E-state index is 13.1. The van der Waals surface area contributed by atoms with Gasteiger partial charge in [0.05, 0.1) is 5.56 Å². The van der Waals surface area contributed by atoms with Gasteiger partial charge in [-0.2, -0.15) is 13.2 Å². The molecule has 10 heteroatoms. The van der Waals surface area contributed by atoms with Crippen LogP contribution in [0.1, 0.15) is 40.2 Å². The molecule has 162 valence electrons. The lowest BCUT2D eigenvalue weighted by Gasteiger charge is -2.13. The van der Waals surface area contributed by atoms with Crippen LogP contribution in [0.3, 0.4) is 0 Å². The Balaban J connectivity index is 1.60. The molecule has 0 atom stereocenters. The summed E-state index contributed by atoms with van der Waals surface area (Å²) in [5, 5.41) is 3.07. The molecule has 1 aliphatic carbocycles. The maximum Gasteiger partial charge on any atom is 0.433 e. The number of hydrogen-bond acceptors (Lipinski definition) is 5. The van der Waals surface area contributed by atoms with Gasteiger partial charge < -0.3 is 20.2 Å². The van der Waals surface area contributed by atoms with E-state index in [0.717, 1.165) is 6.20 Å². The third-order valence-corrected chi connectivity index (χ3v) is 5.19. The molecule has 3 aromatic rings. The summed E-state index contributed by atoms with van der Waals surface area (Å²) in [5.41, 5.74) is 3.80. The summed E-state index contributed by atoms with van der Waals surface area (Å²) in [6, 6.07) is 7.28. The van der Waals surface area contributed by atoms with Crippen LogP contribution in [0, 0.1) is 6.92 Å². The number of carbonyl (C=O) groups is 2. The number of benzene rings is 1. The summed E-state index contributed by atoms with van der Waals surface area (Å²) in [4.78, 5) is 27.8. The molecule has 4 rings (SSSR count). The van der Waals surface area contributed by atoms with Crippen LogP contribution in [-0.4, -0.2) is 22.3 Å².